The molecule has 2 heterocycles. The van der Waals surface area contributed by atoms with E-state index >= 15 is 0 Å². The van der Waals surface area contributed by atoms with Gasteiger partial charge in [0.1, 0.15) is 5.75 Å². The van der Waals surface area contributed by atoms with Gasteiger partial charge >= 0.3 is 0 Å². The Bertz CT molecular complexity index is 1110. The van der Waals surface area contributed by atoms with Crippen molar-refractivity contribution in [2.75, 3.05) is 30.4 Å². The zero-order valence-corrected chi connectivity index (χ0v) is 19.3. The first-order valence-corrected chi connectivity index (χ1v) is 10.6. The van der Waals surface area contributed by atoms with Crippen LogP contribution >= 0.6 is 35.6 Å². The predicted octanol–water partition coefficient (Wildman–Crippen LogP) is 5.40. The number of nitrogens with one attached hydrogen (secondary N) is 1. The number of methoxy groups -OCH3 is 1. The minimum absolute atomic E-state index is 0. The third-order valence-corrected chi connectivity index (χ3v) is 6.02. The van der Waals surface area contributed by atoms with Crippen LogP contribution in [-0.4, -0.2) is 35.8 Å². The van der Waals surface area contributed by atoms with Crippen LogP contribution in [0.1, 0.15) is 24.0 Å². The standard InChI is InChI=1S/C22H21Cl2N5O.ClH/c1-30-20-5-3-15(11-19(20)24)13-26-21-18-10-14(12-25)2-4-17(18)22(28-27-21)29-8-6-16(23)7-9-29;/h2-5,10-11,16H,6-9,13H2,1H3,(H,26,27);1H. The summed E-state index contributed by atoms with van der Waals surface area (Å²) in [4.78, 5) is 2.22. The van der Waals surface area contributed by atoms with E-state index in [1.54, 1.807) is 7.11 Å². The number of halogens is 3. The van der Waals surface area contributed by atoms with Gasteiger partial charge in [0, 0.05) is 35.8 Å². The molecule has 1 aliphatic heterocycles. The Balaban J connectivity index is 0.00000272. The van der Waals surface area contributed by atoms with E-state index in [1.807, 2.05) is 36.4 Å². The van der Waals surface area contributed by atoms with Gasteiger partial charge < -0.3 is 15.0 Å². The molecule has 0 unspecified atom stereocenters. The summed E-state index contributed by atoms with van der Waals surface area (Å²) >= 11 is 12.5. The van der Waals surface area contributed by atoms with Crippen molar-refractivity contribution >= 4 is 58.0 Å². The molecule has 0 saturated carbocycles. The van der Waals surface area contributed by atoms with Crippen LogP contribution in [-0.2, 0) is 6.54 Å². The highest BCUT2D eigenvalue weighted by Gasteiger charge is 2.21. The number of ether oxygens (including phenoxy) is 1. The Labute approximate surface area is 197 Å². The largest absolute Gasteiger partial charge is 0.495 e. The zero-order valence-electron chi connectivity index (χ0n) is 16.9. The normalized spacial score (nSPS) is 14.1. The molecule has 0 atom stereocenters. The highest BCUT2D eigenvalue weighted by atomic mass is 35.5. The monoisotopic (exact) mass is 477 g/mol. The Morgan fingerprint density at radius 2 is 1.94 bits per heavy atom. The summed E-state index contributed by atoms with van der Waals surface area (Å²) in [6.07, 6.45) is 1.83. The number of nitriles is 1. The van der Waals surface area contributed by atoms with Crippen molar-refractivity contribution in [3.05, 3.63) is 52.5 Å². The van der Waals surface area contributed by atoms with Crippen molar-refractivity contribution in [1.29, 1.82) is 5.26 Å². The number of aromatic nitrogens is 2. The quantitative estimate of drug-likeness (QED) is 0.495. The van der Waals surface area contributed by atoms with E-state index in [2.05, 4.69) is 26.5 Å². The van der Waals surface area contributed by atoms with Gasteiger partial charge in [0.05, 0.1) is 23.8 Å². The van der Waals surface area contributed by atoms with E-state index in [-0.39, 0.29) is 17.8 Å². The van der Waals surface area contributed by atoms with Crippen LogP contribution in [0.4, 0.5) is 11.6 Å². The second-order valence-corrected chi connectivity index (χ2v) is 8.25. The molecule has 9 heteroatoms. The molecule has 1 N–H and O–H groups in total. The number of alkyl halides is 1. The van der Waals surface area contributed by atoms with Crippen molar-refractivity contribution in [3.8, 4) is 11.8 Å². The number of fused-ring (bicyclic) bond motifs is 1. The van der Waals surface area contributed by atoms with E-state index in [9.17, 15) is 5.26 Å². The molecular weight excluding hydrogens is 457 g/mol. The Morgan fingerprint density at radius 1 is 1.16 bits per heavy atom. The maximum atomic E-state index is 9.36. The number of rotatable bonds is 5. The second-order valence-electron chi connectivity index (χ2n) is 7.23. The number of benzene rings is 2. The first-order valence-electron chi connectivity index (χ1n) is 9.75. The molecule has 2 aromatic carbocycles. The van der Waals surface area contributed by atoms with Gasteiger partial charge in [-0.25, -0.2) is 0 Å². The highest BCUT2D eigenvalue weighted by molar-refractivity contribution is 6.32. The molecule has 3 aromatic rings. The fraction of sp³-hybridized carbons (Fsp3) is 0.318. The van der Waals surface area contributed by atoms with Crippen LogP contribution in [0.2, 0.25) is 5.02 Å². The van der Waals surface area contributed by atoms with E-state index in [0.29, 0.717) is 28.7 Å². The predicted molar refractivity (Wildman–Crippen MR) is 128 cm³/mol. The van der Waals surface area contributed by atoms with Crippen LogP contribution in [0, 0.1) is 11.3 Å². The van der Waals surface area contributed by atoms with E-state index in [4.69, 9.17) is 27.9 Å². The molecule has 1 aromatic heterocycles. The minimum atomic E-state index is 0. The lowest BCUT2D eigenvalue weighted by molar-refractivity contribution is 0.415. The molecule has 31 heavy (non-hydrogen) atoms. The molecule has 6 nitrogen and oxygen atoms in total. The van der Waals surface area contributed by atoms with Crippen molar-refractivity contribution in [1.82, 2.24) is 10.2 Å². The number of piperidine rings is 1. The molecule has 0 aliphatic carbocycles. The summed E-state index contributed by atoms with van der Waals surface area (Å²) < 4.78 is 5.21. The first kappa shape index (κ1) is 23.2. The van der Waals surface area contributed by atoms with Gasteiger partial charge in [-0.2, -0.15) is 5.26 Å². The van der Waals surface area contributed by atoms with Crippen LogP contribution in [0.3, 0.4) is 0 Å². The molecule has 0 spiro atoms. The van der Waals surface area contributed by atoms with Crippen molar-refractivity contribution in [2.45, 2.75) is 24.8 Å². The fourth-order valence-electron chi connectivity index (χ4n) is 3.64. The Kier molecular flexibility index (Phi) is 7.66. The van der Waals surface area contributed by atoms with E-state index in [0.717, 1.165) is 48.1 Å². The molecule has 1 fully saturated rings. The van der Waals surface area contributed by atoms with Gasteiger partial charge in [0.2, 0.25) is 0 Å². The molecule has 1 saturated heterocycles. The maximum absolute atomic E-state index is 9.36. The smallest absolute Gasteiger partial charge is 0.159 e. The van der Waals surface area contributed by atoms with Gasteiger partial charge in [-0.3, -0.25) is 0 Å². The summed E-state index contributed by atoms with van der Waals surface area (Å²) in [6, 6.07) is 13.5. The molecule has 0 amide bonds. The lowest BCUT2D eigenvalue weighted by atomic mass is 10.1. The average Bonchev–Trinajstić information content (AvgIpc) is 2.77. The summed E-state index contributed by atoms with van der Waals surface area (Å²) in [7, 11) is 1.59. The van der Waals surface area contributed by atoms with Gasteiger partial charge in [-0.05, 0) is 48.7 Å². The molecule has 162 valence electrons. The molecule has 0 bridgehead atoms. The molecule has 4 rings (SSSR count). The van der Waals surface area contributed by atoms with Gasteiger partial charge in [-0.1, -0.05) is 17.7 Å². The van der Waals surface area contributed by atoms with Gasteiger partial charge in [0.25, 0.3) is 0 Å². The van der Waals surface area contributed by atoms with Crippen molar-refractivity contribution < 1.29 is 4.74 Å². The highest BCUT2D eigenvalue weighted by Crippen LogP contribution is 2.32. The van der Waals surface area contributed by atoms with E-state index in [1.165, 1.54) is 0 Å². The fourth-order valence-corrected chi connectivity index (χ4v) is 4.11. The number of hydrogen-bond acceptors (Lipinski definition) is 6. The summed E-state index contributed by atoms with van der Waals surface area (Å²) in [6.45, 7) is 2.20. The lowest BCUT2D eigenvalue weighted by Gasteiger charge is -2.30. The van der Waals surface area contributed by atoms with Crippen LogP contribution in [0.5, 0.6) is 5.75 Å². The average molecular weight is 479 g/mol. The summed E-state index contributed by atoms with van der Waals surface area (Å²) in [5.74, 6) is 2.09. The first-order chi connectivity index (χ1) is 14.6. The van der Waals surface area contributed by atoms with Crippen molar-refractivity contribution in [3.63, 3.8) is 0 Å². The third-order valence-electron chi connectivity index (χ3n) is 5.29. The zero-order chi connectivity index (χ0) is 21.1. The molecular formula is C22H22Cl3N5O. The lowest BCUT2D eigenvalue weighted by Crippen LogP contribution is -2.34. The minimum Gasteiger partial charge on any atom is -0.495 e. The van der Waals surface area contributed by atoms with Crippen molar-refractivity contribution in [2.24, 2.45) is 0 Å². The Hall–Kier alpha value is -2.46. The van der Waals surface area contributed by atoms with Crippen LogP contribution < -0.4 is 15.0 Å². The molecule has 0 radical (unpaired) electrons. The summed E-state index contributed by atoms with van der Waals surface area (Å²) in [5.41, 5.74) is 1.57. The van der Waals surface area contributed by atoms with Crippen LogP contribution in [0.15, 0.2) is 36.4 Å². The third kappa shape index (κ3) is 5.07. The topological polar surface area (TPSA) is 74.1 Å². The Morgan fingerprint density at radius 3 is 2.61 bits per heavy atom. The van der Waals surface area contributed by atoms with Gasteiger partial charge in [0.15, 0.2) is 11.6 Å². The van der Waals surface area contributed by atoms with E-state index < -0.39 is 0 Å². The summed E-state index contributed by atoms with van der Waals surface area (Å²) in [5, 5.41) is 24.3. The second kappa shape index (κ2) is 10.2. The molecule has 1 aliphatic rings. The number of anilines is 2. The van der Waals surface area contributed by atoms with Crippen LogP contribution in [0.25, 0.3) is 10.8 Å². The SMILES string of the molecule is COc1ccc(CNc2nnc(N3CCC(Cl)CC3)c3ccc(C#N)cc23)cc1Cl.Cl. The number of hydrogen-bond donors (Lipinski definition) is 1. The van der Waals surface area contributed by atoms with Gasteiger partial charge in [-0.15, -0.1) is 34.2 Å². The maximum Gasteiger partial charge on any atom is 0.159 e. The number of nitrogens with zero attached hydrogens (tertiary/aromatic N) is 4.